The standard InChI is InChI=1S/C16H18N6O2S2/c1-3-22-13(9-24-12-7-5-4-6-8-12)19-21-16(22)25-10-14(23)17-15-20-18-11(2)26-15/h4-8H,3,9-10H2,1-2H3,(H,17,20,23). The average molecular weight is 390 g/mol. The number of hydrogen-bond acceptors (Lipinski definition) is 8. The predicted octanol–water partition coefficient (Wildman–Crippen LogP) is 2.77. The maximum absolute atomic E-state index is 12.0. The van der Waals surface area contributed by atoms with Crippen LogP contribution in [0.15, 0.2) is 35.5 Å². The van der Waals surface area contributed by atoms with Gasteiger partial charge in [-0.15, -0.1) is 20.4 Å². The number of rotatable bonds is 8. The number of hydrogen-bond donors (Lipinski definition) is 1. The van der Waals surface area contributed by atoms with Crippen LogP contribution in [0.4, 0.5) is 5.13 Å². The van der Waals surface area contributed by atoms with Crippen molar-refractivity contribution in [3.05, 3.63) is 41.2 Å². The number of aryl methyl sites for hydroxylation is 1. The molecule has 0 spiro atoms. The molecule has 1 N–H and O–H groups in total. The fraction of sp³-hybridized carbons (Fsp3) is 0.312. The SMILES string of the molecule is CCn1c(COc2ccccc2)nnc1SCC(=O)Nc1nnc(C)s1. The van der Waals surface area contributed by atoms with Crippen molar-refractivity contribution in [3.8, 4) is 5.75 Å². The third-order valence-corrected chi connectivity index (χ3v) is 5.05. The van der Waals surface area contributed by atoms with Gasteiger partial charge in [-0.25, -0.2) is 0 Å². The van der Waals surface area contributed by atoms with Crippen molar-refractivity contribution < 1.29 is 9.53 Å². The summed E-state index contributed by atoms with van der Waals surface area (Å²) in [6, 6.07) is 9.55. The predicted molar refractivity (Wildman–Crippen MR) is 100 cm³/mol. The maximum atomic E-state index is 12.0. The molecule has 0 atom stereocenters. The van der Waals surface area contributed by atoms with E-state index in [-0.39, 0.29) is 11.7 Å². The van der Waals surface area contributed by atoms with Crippen molar-refractivity contribution in [1.29, 1.82) is 0 Å². The van der Waals surface area contributed by atoms with E-state index in [2.05, 4.69) is 25.7 Å². The molecule has 3 aromatic rings. The first-order chi connectivity index (χ1) is 12.7. The fourth-order valence-electron chi connectivity index (χ4n) is 2.15. The Bertz CT molecular complexity index is 865. The van der Waals surface area contributed by atoms with E-state index < -0.39 is 0 Å². The highest BCUT2D eigenvalue weighted by molar-refractivity contribution is 7.99. The Morgan fingerprint density at radius 2 is 2.04 bits per heavy atom. The number of aromatic nitrogens is 5. The molecule has 2 heterocycles. The van der Waals surface area contributed by atoms with Crippen LogP contribution in [0.3, 0.4) is 0 Å². The third-order valence-electron chi connectivity index (χ3n) is 3.33. The second-order valence-corrected chi connectivity index (χ2v) is 7.33. The van der Waals surface area contributed by atoms with Gasteiger partial charge in [0.15, 0.2) is 11.0 Å². The van der Waals surface area contributed by atoms with Crippen LogP contribution < -0.4 is 10.1 Å². The van der Waals surface area contributed by atoms with Gasteiger partial charge >= 0.3 is 0 Å². The molecule has 0 aliphatic rings. The highest BCUT2D eigenvalue weighted by atomic mass is 32.2. The summed E-state index contributed by atoms with van der Waals surface area (Å²) in [7, 11) is 0. The maximum Gasteiger partial charge on any atom is 0.236 e. The van der Waals surface area contributed by atoms with Crippen molar-refractivity contribution in [2.24, 2.45) is 0 Å². The van der Waals surface area contributed by atoms with Crippen LogP contribution in [0, 0.1) is 6.92 Å². The molecule has 1 amide bonds. The molecule has 1 aromatic carbocycles. The first-order valence-electron chi connectivity index (χ1n) is 7.98. The average Bonchev–Trinajstić information content (AvgIpc) is 3.24. The number of anilines is 1. The molecule has 10 heteroatoms. The second kappa shape index (κ2) is 8.77. The monoisotopic (exact) mass is 390 g/mol. The molecule has 0 fully saturated rings. The lowest BCUT2D eigenvalue weighted by Gasteiger charge is -2.08. The Balaban J connectivity index is 1.56. The topological polar surface area (TPSA) is 94.8 Å². The van der Waals surface area contributed by atoms with Gasteiger partial charge in [0.25, 0.3) is 0 Å². The quantitative estimate of drug-likeness (QED) is 0.591. The summed E-state index contributed by atoms with van der Waals surface area (Å²) in [5.41, 5.74) is 0. The van der Waals surface area contributed by atoms with Crippen LogP contribution in [0.2, 0.25) is 0 Å². The molecule has 8 nitrogen and oxygen atoms in total. The van der Waals surface area contributed by atoms with E-state index >= 15 is 0 Å². The highest BCUT2D eigenvalue weighted by Gasteiger charge is 2.14. The molecule has 0 bridgehead atoms. The molecule has 0 aliphatic carbocycles. The number of para-hydroxylation sites is 1. The molecule has 26 heavy (non-hydrogen) atoms. The largest absolute Gasteiger partial charge is 0.486 e. The van der Waals surface area contributed by atoms with Crippen LogP contribution >= 0.6 is 23.1 Å². The molecule has 0 saturated carbocycles. The lowest BCUT2D eigenvalue weighted by atomic mass is 10.3. The van der Waals surface area contributed by atoms with Gasteiger partial charge in [-0.2, -0.15) is 0 Å². The number of carbonyl (C=O) groups excluding carboxylic acids is 1. The first-order valence-corrected chi connectivity index (χ1v) is 9.78. The number of thioether (sulfide) groups is 1. The van der Waals surface area contributed by atoms with Crippen molar-refractivity contribution >= 4 is 34.1 Å². The number of ether oxygens (including phenoxy) is 1. The Labute approximate surface area is 159 Å². The van der Waals surface area contributed by atoms with E-state index in [1.54, 1.807) is 0 Å². The minimum absolute atomic E-state index is 0.154. The molecule has 0 radical (unpaired) electrons. The Hall–Kier alpha value is -2.46. The van der Waals surface area contributed by atoms with E-state index in [9.17, 15) is 4.79 Å². The minimum Gasteiger partial charge on any atom is -0.486 e. The van der Waals surface area contributed by atoms with Crippen LogP contribution in [0.5, 0.6) is 5.75 Å². The molecular weight excluding hydrogens is 372 g/mol. The van der Waals surface area contributed by atoms with Gasteiger partial charge in [-0.05, 0) is 26.0 Å². The highest BCUT2D eigenvalue weighted by Crippen LogP contribution is 2.20. The van der Waals surface area contributed by atoms with E-state index in [1.165, 1.54) is 23.1 Å². The van der Waals surface area contributed by atoms with Gasteiger partial charge in [-0.1, -0.05) is 41.3 Å². The Morgan fingerprint density at radius 1 is 1.23 bits per heavy atom. The van der Waals surface area contributed by atoms with Crippen LogP contribution in [0.25, 0.3) is 0 Å². The fourth-order valence-corrected chi connectivity index (χ4v) is 3.58. The summed E-state index contributed by atoms with van der Waals surface area (Å²) in [6.07, 6.45) is 0. The molecule has 136 valence electrons. The normalized spacial score (nSPS) is 10.7. The number of amides is 1. The van der Waals surface area contributed by atoms with Crippen molar-refractivity contribution in [3.63, 3.8) is 0 Å². The van der Waals surface area contributed by atoms with E-state index in [4.69, 9.17) is 4.74 Å². The number of benzene rings is 1. The third kappa shape index (κ3) is 4.79. The Kier molecular flexibility index (Phi) is 6.18. The van der Waals surface area contributed by atoms with Crippen molar-refractivity contribution in [2.45, 2.75) is 32.2 Å². The van der Waals surface area contributed by atoms with Crippen molar-refractivity contribution in [1.82, 2.24) is 25.0 Å². The van der Waals surface area contributed by atoms with Gasteiger partial charge in [0.1, 0.15) is 17.4 Å². The lowest BCUT2D eigenvalue weighted by Crippen LogP contribution is -2.14. The smallest absolute Gasteiger partial charge is 0.236 e. The summed E-state index contributed by atoms with van der Waals surface area (Å²) in [5.74, 6) is 1.56. The molecule has 3 rings (SSSR count). The summed E-state index contributed by atoms with van der Waals surface area (Å²) < 4.78 is 7.67. The van der Waals surface area contributed by atoms with Crippen LogP contribution in [0.1, 0.15) is 17.8 Å². The zero-order chi connectivity index (χ0) is 18.4. The minimum atomic E-state index is -0.154. The summed E-state index contributed by atoms with van der Waals surface area (Å²) >= 11 is 2.67. The summed E-state index contributed by atoms with van der Waals surface area (Å²) in [6.45, 7) is 4.86. The molecular formula is C16H18N6O2S2. The number of nitrogens with zero attached hydrogens (tertiary/aromatic N) is 5. The van der Waals surface area contributed by atoms with Gasteiger partial charge in [0.05, 0.1) is 5.75 Å². The molecule has 2 aromatic heterocycles. The second-order valence-electron chi connectivity index (χ2n) is 5.21. The molecule has 0 unspecified atom stereocenters. The van der Waals surface area contributed by atoms with E-state index in [1.807, 2.05) is 48.7 Å². The lowest BCUT2D eigenvalue weighted by molar-refractivity contribution is -0.113. The van der Waals surface area contributed by atoms with E-state index in [0.29, 0.717) is 23.4 Å². The van der Waals surface area contributed by atoms with E-state index in [0.717, 1.165) is 16.6 Å². The zero-order valence-corrected chi connectivity index (χ0v) is 16.0. The first kappa shape index (κ1) is 18.3. The van der Waals surface area contributed by atoms with Gasteiger partial charge in [-0.3, -0.25) is 10.1 Å². The summed E-state index contributed by atoms with van der Waals surface area (Å²) in [4.78, 5) is 12.0. The van der Waals surface area contributed by atoms with Gasteiger partial charge in [0.2, 0.25) is 11.0 Å². The molecule has 0 aliphatic heterocycles. The summed E-state index contributed by atoms with van der Waals surface area (Å²) in [5, 5.41) is 20.8. The van der Waals surface area contributed by atoms with Gasteiger partial charge < -0.3 is 9.30 Å². The zero-order valence-electron chi connectivity index (χ0n) is 14.4. The Morgan fingerprint density at radius 3 is 2.73 bits per heavy atom. The van der Waals surface area contributed by atoms with Gasteiger partial charge in [0, 0.05) is 6.54 Å². The van der Waals surface area contributed by atoms with Crippen LogP contribution in [-0.2, 0) is 17.9 Å². The van der Waals surface area contributed by atoms with Crippen molar-refractivity contribution in [2.75, 3.05) is 11.1 Å². The molecule has 0 saturated heterocycles. The number of carbonyl (C=O) groups is 1. The number of nitrogens with one attached hydrogen (secondary N) is 1. The van der Waals surface area contributed by atoms with Crippen LogP contribution in [-0.4, -0.2) is 36.6 Å².